The van der Waals surface area contributed by atoms with Gasteiger partial charge in [-0.3, -0.25) is 0 Å². The van der Waals surface area contributed by atoms with Gasteiger partial charge in [0.15, 0.2) is 0 Å². The fraction of sp³-hybridized carbons (Fsp3) is 0.500. The van der Waals surface area contributed by atoms with E-state index < -0.39 is 0 Å². The van der Waals surface area contributed by atoms with Crippen molar-refractivity contribution in [2.24, 2.45) is 0 Å². The molecule has 0 aromatic heterocycles. The van der Waals surface area contributed by atoms with E-state index in [1.54, 1.807) is 0 Å². The standard InChI is InChI=1S/C2H2N.Ce/c1-2-3;/h1H2;. The van der Waals surface area contributed by atoms with Gasteiger partial charge in [0.05, 0.1) is 0 Å². The van der Waals surface area contributed by atoms with Gasteiger partial charge in [0, 0.05) is 0 Å². The first-order valence-electron chi connectivity index (χ1n) is 0.931. The van der Waals surface area contributed by atoms with Crippen molar-refractivity contribution >= 4 is 0 Å². The quantitative estimate of drug-likeness (QED) is 0.532. The molecule has 0 fully saturated rings. The maximum absolute atomic E-state index is 7.66. The molecule has 0 aromatic rings. The molecule has 0 aliphatic carbocycles. The Kier molecular flexibility index (Phi) is 4.70. The van der Waals surface area contributed by atoms with E-state index in [1.165, 1.54) is 0 Å². The summed E-state index contributed by atoms with van der Waals surface area (Å²) in [4.78, 5) is 0. The van der Waals surface area contributed by atoms with Crippen molar-refractivity contribution in [2.75, 3.05) is 0 Å². The van der Waals surface area contributed by atoms with Crippen molar-refractivity contribution in [1.29, 1.82) is 5.26 Å². The van der Waals surface area contributed by atoms with Crippen LogP contribution in [0.4, 0.5) is 0 Å². The van der Waals surface area contributed by atoms with Crippen molar-refractivity contribution in [2.45, 2.75) is 1.94 Å². The molecule has 4 heavy (non-hydrogen) atoms. The number of hydrogen-bond donors (Lipinski definition) is 0. The Morgan fingerprint density at radius 3 is 2.25 bits per heavy atom. The Bertz CT molecular complexity index is 35.8. The first-order valence-corrected chi connectivity index (χ1v) is 3.15. The molecule has 0 saturated heterocycles. The molecule has 0 radical (unpaired) electrons. The Hall–Kier alpha value is 0.867. The summed E-state index contributed by atoms with van der Waals surface area (Å²) < 4.78 is 0.764. The normalized spacial score (nSPS) is 4.50. The van der Waals surface area contributed by atoms with Crippen LogP contribution >= 0.6 is 0 Å². The minimum absolute atomic E-state index is 0.764. The van der Waals surface area contributed by atoms with Crippen LogP contribution in [0.5, 0.6) is 0 Å². The molecule has 0 saturated carbocycles. The Morgan fingerprint density at radius 2 is 2.25 bits per heavy atom. The van der Waals surface area contributed by atoms with Gasteiger partial charge in [0.2, 0.25) is 0 Å². The molecule has 0 rings (SSSR count). The van der Waals surface area contributed by atoms with Crippen LogP contribution in [0.25, 0.3) is 0 Å². The zero-order valence-electron chi connectivity index (χ0n) is 2.15. The van der Waals surface area contributed by atoms with E-state index in [0.29, 0.717) is 0 Å². The van der Waals surface area contributed by atoms with Gasteiger partial charge < -0.3 is 0 Å². The fourth-order valence-electron chi connectivity index (χ4n) is 0. The first-order chi connectivity index (χ1) is 1.91. The molecule has 0 aliphatic rings. The molecule has 0 atom stereocenters. The van der Waals surface area contributed by atoms with Crippen LogP contribution in [0.1, 0.15) is 0 Å². The summed E-state index contributed by atoms with van der Waals surface area (Å²) in [6.07, 6.45) is 0. The Balaban J connectivity index is 2.43. The summed E-state index contributed by atoms with van der Waals surface area (Å²) in [7, 11) is 0. The number of hydrogen-bond acceptors (Lipinski definition) is 1. The zero-order chi connectivity index (χ0) is 3.41. The van der Waals surface area contributed by atoms with Gasteiger partial charge in [-0.1, -0.05) is 0 Å². The van der Waals surface area contributed by atoms with E-state index in [2.05, 4.69) is 0 Å². The molecule has 0 N–H and O–H groups in total. The molecule has 0 bridgehead atoms. The third-order valence-corrected chi connectivity index (χ3v) is 0.576. The molecular weight excluding hydrogens is 178 g/mol. The SMILES string of the molecule is N#C[CH2][Ce]. The summed E-state index contributed by atoms with van der Waals surface area (Å²) in [5.41, 5.74) is 0. The van der Waals surface area contributed by atoms with E-state index in [1.807, 2.05) is 6.07 Å². The molecule has 0 unspecified atom stereocenters. The van der Waals surface area contributed by atoms with Crippen LogP contribution in [-0.2, 0) is 0 Å². The van der Waals surface area contributed by atoms with Gasteiger partial charge in [-0.05, 0) is 0 Å². The topological polar surface area (TPSA) is 23.8 Å². The van der Waals surface area contributed by atoms with Crippen LogP contribution in [0.2, 0.25) is 1.94 Å². The summed E-state index contributed by atoms with van der Waals surface area (Å²) in [5.74, 6) is 0. The second-order valence-electron chi connectivity index (χ2n) is 0.335. The van der Waals surface area contributed by atoms with Gasteiger partial charge in [0.25, 0.3) is 0 Å². The molecule has 19 valence electrons. The number of rotatable bonds is 0. The first kappa shape index (κ1) is 4.87. The molecule has 0 heterocycles. The second kappa shape index (κ2) is 3.87. The van der Waals surface area contributed by atoms with Gasteiger partial charge >= 0.3 is 52.9 Å². The van der Waals surface area contributed by atoms with E-state index in [-0.39, 0.29) is 0 Å². The minimum atomic E-state index is 0.764. The summed E-state index contributed by atoms with van der Waals surface area (Å²) >= 11 is 1.03. The fourth-order valence-corrected chi connectivity index (χ4v) is 0. The molecule has 0 aromatic carbocycles. The van der Waals surface area contributed by atoms with Crippen LogP contribution in [0.15, 0.2) is 0 Å². The third-order valence-electron chi connectivity index (χ3n) is 0.0791. The Labute approximate surface area is 52.3 Å². The molecule has 0 aliphatic heterocycles. The van der Waals surface area contributed by atoms with Crippen molar-refractivity contribution in [1.82, 2.24) is 0 Å². The van der Waals surface area contributed by atoms with Crippen LogP contribution in [0, 0.1) is 51.0 Å². The summed E-state index contributed by atoms with van der Waals surface area (Å²) in [6, 6.07) is 1.99. The summed E-state index contributed by atoms with van der Waals surface area (Å²) in [6.45, 7) is 0. The van der Waals surface area contributed by atoms with Gasteiger partial charge in [-0.25, -0.2) is 0 Å². The maximum atomic E-state index is 7.66. The van der Waals surface area contributed by atoms with Crippen LogP contribution in [-0.4, -0.2) is 0 Å². The zero-order valence-corrected chi connectivity index (χ0v) is 5.29. The monoisotopic (exact) mass is 180 g/mol. The van der Waals surface area contributed by atoms with Crippen molar-refractivity contribution in [3.8, 4) is 6.07 Å². The Morgan fingerprint density at radius 1 is 2.00 bits per heavy atom. The van der Waals surface area contributed by atoms with E-state index in [9.17, 15) is 0 Å². The van der Waals surface area contributed by atoms with Gasteiger partial charge in [-0.15, -0.1) is 0 Å². The molecule has 0 amide bonds. The predicted octanol–water partition coefficient (Wildman–Crippen LogP) is 0.478. The van der Waals surface area contributed by atoms with Crippen molar-refractivity contribution < 1.29 is 39.6 Å². The average Bonchev–Trinajstić information content (AvgIpc) is 1.37. The predicted molar refractivity (Wildman–Crippen MR) is 10.4 cm³/mol. The van der Waals surface area contributed by atoms with Crippen molar-refractivity contribution in [3.05, 3.63) is 0 Å². The number of nitriles is 1. The van der Waals surface area contributed by atoms with Gasteiger partial charge in [0.1, 0.15) is 0 Å². The second-order valence-corrected chi connectivity index (χ2v) is 1.45. The molecular formula is C2H2CeN. The van der Waals surface area contributed by atoms with E-state index in [4.69, 9.17) is 5.26 Å². The average molecular weight is 180 g/mol. The van der Waals surface area contributed by atoms with Gasteiger partial charge in [-0.2, -0.15) is 0 Å². The van der Waals surface area contributed by atoms with Crippen LogP contribution < -0.4 is 0 Å². The van der Waals surface area contributed by atoms with Crippen LogP contribution in [0.3, 0.4) is 0 Å². The van der Waals surface area contributed by atoms with Crippen molar-refractivity contribution in [3.63, 3.8) is 0 Å². The van der Waals surface area contributed by atoms with E-state index >= 15 is 0 Å². The number of nitrogens with zero attached hydrogens (tertiary/aromatic N) is 1. The third kappa shape index (κ3) is 2.87. The molecule has 0 spiro atoms. The van der Waals surface area contributed by atoms with E-state index in [0.717, 1.165) is 41.6 Å². The molecule has 1 nitrogen and oxygen atoms in total. The summed E-state index contributed by atoms with van der Waals surface area (Å²) in [5, 5.41) is 7.66. The molecule has 2 heteroatoms.